The number of fused-ring (bicyclic) bond motifs is 1. The molecule has 0 N–H and O–H groups in total. The molecule has 4 heteroatoms. The number of carbonyl (C=O) groups excluding carboxylic acids is 1. The predicted octanol–water partition coefficient (Wildman–Crippen LogP) is 3.46. The van der Waals surface area contributed by atoms with Crippen molar-refractivity contribution in [3.63, 3.8) is 0 Å². The molecule has 1 amide bonds. The van der Waals surface area contributed by atoms with Gasteiger partial charge in [0, 0.05) is 50.4 Å². The molecule has 4 rings (SSSR count). The monoisotopic (exact) mass is 347 g/mol. The second kappa shape index (κ2) is 7.04. The molecule has 0 atom stereocenters. The summed E-state index contributed by atoms with van der Waals surface area (Å²) < 4.78 is 0. The third-order valence-electron chi connectivity index (χ3n) is 5.60. The third-order valence-corrected chi connectivity index (χ3v) is 5.60. The van der Waals surface area contributed by atoms with E-state index < -0.39 is 0 Å². The van der Waals surface area contributed by atoms with E-state index in [0.717, 1.165) is 56.0 Å². The van der Waals surface area contributed by atoms with Crippen LogP contribution in [0.2, 0.25) is 0 Å². The van der Waals surface area contributed by atoms with Gasteiger partial charge < -0.3 is 4.90 Å². The first-order valence-electron chi connectivity index (χ1n) is 9.38. The maximum absolute atomic E-state index is 12.0. The Morgan fingerprint density at radius 1 is 0.923 bits per heavy atom. The van der Waals surface area contributed by atoms with Gasteiger partial charge in [-0.1, -0.05) is 24.3 Å². The SMILES string of the molecule is Cc1ccc(N2CCN(CCC3=NC(=O)c4ccccc43)CC2)cc1C. The molecular weight excluding hydrogens is 322 g/mol. The standard InChI is InChI=1S/C22H25N3O/c1-16-7-8-18(15-17(16)2)25-13-11-24(12-14-25)10-9-21-19-5-3-4-6-20(19)22(26)23-21/h3-8,15H,9-14H2,1-2H3. The van der Waals surface area contributed by atoms with E-state index in [4.69, 9.17) is 0 Å². The van der Waals surface area contributed by atoms with Crippen molar-refractivity contribution < 1.29 is 4.79 Å². The fraction of sp³-hybridized carbons (Fsp3) is 0.364. The Hall–Kier alpha value is -2.46. The van der Waals surface area contributed by atoms with Crippen molar-refractivity contribution in [1.82, 2.24) is 4.90 Å². The minimum Gasteiger partial charge on any atom is -0.369 e. The Labute approximate surface area is 155 Å². The minimum atomic E-state index is -0.0878. The van der Waals surface area contributed by atoms with Crippen LogP contribution >= 0.6 is 0 Å². The summed E-state index contributed by atoms with van der Waals surface area (Å²) >= 11 is 0. The van der Waals surface area contributed by atoms with Crippen LogP contribution in [0.5, 0.6) is 0 Å². The molecule has 0 aliphatic carbocycles. The fourth-order valence-electron chi connectivity index (χ4n) is 3.77. The van der Waals surface area contributed by atoms with Crippen molar-refractivity contribution in [3.05, 3.63) is 64.7 Å². The quantitative estimate of drug-likeness (QED) is 0.850. The highest BCUT2D eigenvalue weighted by Gasteiger charge is 2.23. The van der Waals surface area contributed by atoms with Crippen LogP contribution in [-0.2, 0) is 0 Å². The summed E-state index contributed by atoms with van der Waals surface area (Å²) in [4.78, 5) is 21.2. The smallest absolute Gasteiger partial charge is 0.277 e. The van der Waals surface area contributed by atoms with Crippen molar-refractivity contribution in [3.8, 4) is 0 Å². The first-order chi connectivity index (χ1) is 12.6. The van der Waals surface area contributed by atoms with Crippen LogP contribution in [0.15, 0.2) is 47.5 Å². The first kappa shape index (κ1) is 17.0. The molecule has 2 heterocycles. The van der Waals surface area contributed by atoms with Gasteiger partial charge in [-0.05, 0) is 43.2 Å². The van der Waals surface area contributed by atoms with Gasteiger partial charge in [-0.2, -0.15) is 0 Å². The zero-order valence-electron chi connectivity index (χ0n) is 15.5. The molecule has 26 heavy (non-hydrogen) atoms. The average Bonchev–Trinajstić information content (AvgIpc) is 2.99. The van der Waals surface area contributed by atoms with Gasteiger partial charge in [-0.3, -0.25) is 9.69 Å². The molecule has 0 radical (unpaired) electrons. The number of benzene rings is 2. The summed E-state index contributed by atoms with van der Waals surface area (Å²) in [5.41, 5.74) is 6.75. The predicted molar refractivity (Wildman–Crippen MR) is 106 cm³/mol. The molecule has 0 aromatic heterocycles. The van der Waals surface area contributed by atoms with Crippen LogP contribution in [0.3, 0.4) is 0 Å². The maximum atomic E-state index is 12.0. The molecule has 0 spiro atoms. The number of aliphatic imine (C=N–C) groups is 1. The van der Waals surface area contributed by atoms with E-state index in [1.807, 2.05) is 24.3 Å². The summed E-state index contributed by atoms with van der Waals surface area (Å²) in [6, 6.07) is 14.5. The van der Waals surface area contributed by atoms with Gasteiger partial charge in [-0.15, -0.1) is 0 Å². The topological polar surface area (TPSA) is 35.9 Å². The van der Waals surface area contributed by atoms with Gasteiger partial charge in [-0.25, -0.2) is 4.99 Å². The van der Waals surface area contributed by atoms with Crippen LogP contribution in [0.1, 0.15) is 33.5 Å². The molecular formula is C22H25N3O. The van der Waals surface area contributed by atoms with Crippen LogP contribution in [0.4, 0.5) is 5.69 Å². The van der Waals surface area contributed by atoms with Gasteiger partial charge in [0.15, 0.2) is 0 Å². The molecule has 2 aromatic rings. The second-order valence-electron chi connectivity index (χ2n) is 7.26. The number of rotatable bonds is 4. The van der Waals surface area contributed by atoms with E-state index in [1.165, 1.54) is 16.8 Å². The molecule has 1 fully saturated rings. The fourth-order valence-corrected chi connectivity index (χ4v) is 3.77. The van der Waals surface area contributed by atoms with Crippen molar-refractivity contribution in [1.29, 1.82) is 0 Å². The van der Waals surface area contributed by atoms with E-state index in [-0.39, 0.29) is 5.91 Å². The summed E-state index contributed by atoms with van der Waals surface area (Å²) in [5.74, 6) is -0.0878. The number of nitrogens with zero attached hydrogens (tertiary/aromatic N) is 3. The van der Waals surface area contributed by atoms with E-state index in [0.29, 0.717) is 0 Å². The number of hydrogen-bond donors (Lipinski definition) is 0. The number of piperazine rings is 1. The Balaban J connectivity index is 1.33. The molecule has 134 valence electrons. The van der Waals surface area contributed by atoms with E-state index in [9.17, 15) is 4.79 Å². The summed E-state index contributed by atoms with van der Waals surface area (Å²) in [5, 5.41) is 0. The number of aryl methyl sites for hydroxylation is 2. The molecule has 2 aromatic carbocycles. The highest BCUT2D eigenvalue weighted by atomic mass is 16.1. The zero-order valence-corrected chi connectivity index (χ0v) is 15.5. The summed E-state index contributed by atoms with van der Waals surface area (Å²) in [6.45, 7) is 9.49. The van der Waals surface area contributed by atoms with E-state index >= 15 is 0 Å². The van der Waals surface area contributed by atoms with Crippen molar-refractivity contribution in [2.75, 3.05) is 37.6 Å². The molecule has 0 saturated carbocycles. The van der Waals surface area contributed by atoms with Crippen LogP contribution < -0.4 is 4.90 Å². The van der Waals surface area contributed by atoms with Crippen molar-refractivity contribution >= 4 is 17.3 Å². The lowest BCUT2D eigenvalue weighted by Crippen LogP contribution is -2.46. The molecule has 2 aliphatic rings. The third kappa shape index (κ3) is 3.29. The van der Waals surface area contributed by atoms with Gasteiger partial charge in [0.05, 0.1) is 11.3 Å². The molecule has 0 unspecified atom stereocenters. The van der Waals surface area contributed by atoms with Gasteiger partial charge in [0.2, 0.25) is 0 Å². The largest absolute Gasteiger partial charge is 0.369 e. The van der Waals surface area contributed by atoms with Gasteiger partial charge >= 0.3 is 0 Å². The number of anilines is 1. The Morgan fingerprint density at radius 2 is 1.65 bits per heavy atom. The van der Waals surface area contributed by atoms with Gasteiger partial charge in [0.1, 0.15) is 0 Å². The summed E-state index contributed by atoms with van der Waals surface area (Å²) in [6.07, 6.45) is 0.840. The van der Waals surface area contributed by atoms with Gasteiger partial charge in [0.25, 0.3) is 5.91 Å². The molecule has 2 aliphatic heterocycles. The van der Waals surface area contributed by atoms with E-state index in [2.05, 4.69) is 46.8 Å². The minimum absolute atomic E-state index is 0.0878. The lowest BCUT2D eigenvalue weighted by atomic mass is 10.0. The highest BCUT2D eigenvalue weighted by molar-refractivity contribution is 6.21. The van der Waals surface area contributed by atoms with Crippen LogP contribution in [0.25, 0.3) is 0 Å². The lowest BCUT2D eigenvalue weighted by Gasteiger charge is -2.36. The normalized spacial score (nSPS) is 17.4. The van der Waals surface area contributed by atoms with Crippen LogP contribution in [0, 0.1) is 13.8 Å². The van der Waals surface area contributed by atoms with Crippen LogP contribution in [-0.4, -0.2) is 49.2 Å². The van der Waals surface area contributed by atoms with E-state index in [1.54, 1.807) is 0 Å². The summed E-state index contributed by atoms with van der Waals surface area (Å²) in [7, 11) is 0. The number of amides is 1. The Kier molecular flexibility index (Phi) is 4.60. The number of hydrogen-bond acceptors (Lipinski definition) is 3. The highest BCUT2D eigenvalue weighted by Crippen LogP contribution is 2.22. The Bertz CT molecular complexity index is 863. The average molecular weight is 347 g/mol. The zero-order chi connectivity index (χ0) is 18.1. The lowest BCUT2D eigenvalue weighted by molar-refractivity contribution is 0.101. The molecule has 1 saturated heterocycles. The number of carbonyl (C=O) groups is 1. The van der Waals surface area contributed by atoms with Crippen molar-refractivity contribution in [2.45, 2.75) is 20.3 Å². The molecule has 0 bridgehead atoms. The van der Waals surface area contributed by atoms with Crippen molar-refractivity contribution in [2.24, 2.45) is 4.99 Å². The Morgan fingerprint density at radius 3 is 2.38 bits per heavy atom. The maximum Gasteiger partial charge on any atom is 0.277 e. The molecule has 4 nitrogen and oxygen atoms in total. The second-order valence-corrected chi connectivity index (χ2v) is 7.26. The first-order valence-corrected chi connectivity index (χ1v) is 9.38.